The van der Waals surface area contributed by atoms with Gasteiger partial charge in [0.15, 0.2) is 0 Å². The lowest BCUT2D eigenvalue weighted by molar-refractivity contribution is -0.127. The molecule has 0 aliphatic carbocycles. The standard InChI is InChI=1S/C19H37FN2O7/c1-4-16(2)29-15-19(24)21-5-6-25-7-8-26-9-10-27-11-12-28-14-18(20)13-22-17(3)23/h16,18H,4-15H2,1-3H3,(H,21,24)(H,22,23). The van der Waals surface area contributed by atoms with E-state index in [1.54, 1.807) is 0 Å². The maximum atomic E-state index is 13.3. The van der Waals surface area contributed by atoms with Crippen molar-refractivity contribution in [2.24, 2.45) is 0 Å². The molecule has 2 N–H and O–H groups in total. The molecular weight excluding hydrogens is 387 g/mol. The molecule has 0 spiro atoms. The summed E-state index contributed by atoms with van der Waals surface area (Å²) < 4.78 is 39.7. The van der Waals surface area contributed by atoms with Gasteiger partial charge in [-0.25, -0.2) is 4.39 Å². The van der Waals surface area contributed by atoms with E-state index in [4.69, 9.17) is 23.7 Å². The average molecular weight is 425 g/mol. The van der Waals surface area contributed by atoms with Gasteiger partial charge < -0.3 is 34.3 Å². The van der Waals surface area contributed by atoms with Gasteiger partial charge in [-0.3, -0.25) is 9.59 Å². The summed E-state index contributed by atoms with van der Waals surface area (Å²) in [6, 6.07) is 0. The number of carbonyl (C=O) groups excluding carboxylic acids is 2. The Kier molecular flexibility index (Phi) is 19.0. The fourth-order valence-electron chi connectivity index (χ4n) is 1.83. The lowest BCUT2D eigenvalue weighted by Gasteiger charge is -2.11. The maximum absolute atomic E-state index is 13.3. The van der Waals surface area contributed by atoms with E-state index in [-0.39, 0.29) is 44.3 Å². The van der Waals surface area contributed by atoms with Crippen molar-refractivity contribution >= 4 is 11.8 Å². The lowest BCUT2D eigenvalue weighted by atomic mass is 10.3. The molecule has 2 unspecified atom stereocenters. The highest BCUT2D eigenvalue weighted by Crippen LogP contribution is 1.94. The third-order valence-electron chi connectivity index (χ3n) is 3.63. The first kappa shape index (κ1) is 27.7. The van der Waals surface area contributed by atoms with Gasteiger partial charge in [0, 0.05) is 13.5 Å². The van der Waals surface area contributed by atoms with Gasteiger partial charge in [-0.05, 0) is 13.3 Å². The number of carbonyl (C=O) groups is 2. The molecule has 0 aromatic rings. The Morgan fingerprint density at radius 1 is 0.897 bits per heavy atom. The number of ether oxygens (including phenoxy) is 5. The van der Waals surface area contributed by atoms with E-state index in [1.165, 1.54) is 6.92 Å². The van der Waals surface area contributed by atoms with Crippen LogP contribution in [-0.2, 0) is 33.3 Å². The Labute approximate surface area is 172 Å². The van der Waals surface area contributed by atoms with Crippen molar-refractivity contribution in [2.75, 3.05) is 72.6 Å². The first-order valence-corrected chi connectivity index (χ1v) is 10.0. The van der Waals surface area contributed by atoms with Gasteiger partial charge in [0.05, 0.1) is 65.5 Å². The van der Waals surface area contributed by atoms with E-state index >= 15 is 0 Å². The van der Waals surface area contributed by atoms with Gasteiger partial charge in [0.25, 0.3) is 0 Å². The number of nitrogens with one attached hydrogen (secondary N) is 2. The van der Waals surface area contributed by atoms with Gasteiger partial charge in [-0.15, -0.1) is 0 Å². The van der Waals surface area contributed by atoms with Gasteiger partial charge in [-0.1, -0.05) is 6.92 Å². The molecule has 0 aromatic carbocycles. The third-order valence-corrected chi connectivity index (χ3v) is 3.63. The minimum Gasteiger partial charge on any atom is -0.377 e. The summed E-state index contributed by atoms with van der Waals surface area (Å²) in [6.07, 6.45) is -0.279. The lowest BCUT2D eigenvalue weighted by Crippen LogP contribution is -2.32. The number of hydrogen-bond donors (Lipinski definition) is 2. The highest BCUT2D eigenvalue weighted by Gasteiger charge is 2.07. The molecule has 0 saturated heterocycles. The van der Waals surface area contributed by atoms with Crippen LogP contribution in [0.5, 0.6) is 0 Å². The predicted molar refractivity (Wildman–Crippen MR) is 106 cm³/mol. The van der Waals surface area contributed by atoms with Crippen LogP contribution in [0.4, 0.5) is 4.39 Å². The van der Waals surface area contributed by atoms with Crippen LogP contribution in [0.3, 0.4) is 0 Å². The Morgan fingerprint density at radius 2 is 1.45 bits per heavy atom. The summed E-state index contributed by atoms with van der Waals surface area (Å²) in [5, 5.41) is 5.10. The highest BCUT2D eigenvalue weighted by atomic mass is 19.1. The smallest absolute Gasteiger partial charge is 0.246 e. The van der Waals surface area contributed by atoms with E-state index < -0.39 is 6.17 Å². The zero-order chi connectivity index (χ0) is 21.7. The SMILES string of the molecule is CCC(C)OCC(=O)NCCOCCOCCOCCOCC(F)CNC(C)=O. The fourth-order valence-corrected chi connectivity index (χ4v) is 1.83. The summed E-state index contributed by atoms with van der Waals surface area (Å²) in [6.45, 7) is 8.32. The molecule has 0 radical (unpaired) electrons. The molecule has 0 aliphatic rings. The Hall–Kier alpha value is -1.33. The van der Waals surface area contributed by atoms with Crippen molar-refractivity contribution in [1.82, 2.24) is 10.6 Å². The fraction of sp³-hybridized carbons (Fsp3) is 0.895. The van der Waals surface area contributed by atoms with Crippen LogP contribution in [0.1, 0.15) is 27.2 Å². The van der Waals surface area contributed by atoms with E-state index in [9.17, 15) is 14.0 Å². The minimum absolute atomic E-state index is 0.0505. The number of amides is 2. The Bertz CT molecular complexity index is 416. The maximum Gasteiger partial charge on any atom is 0.246 e. The topological polar surface area (TPSA) is 104 Å². The van der Waals surface area contributed by atoms with Crippen molar-refractivity contribution in [1.29, 1.82) is 0 Å². The van der Waals surface area contributed by atoms with Crippen molar-refractivity contribution < 1.29 is 37.7 Å². The molecule has 0 aliphatic heterocycles. The largest absolute Gasteiger partial charge is 0.377 e. The predicted octanol–water partition coefficient (Wildman–Crippen LogP) is 0.458. The molecule has 2 amide bonds. The number of rotatable bonds is 20. The molecule has 0 heterocycles. The molecule has 0 saturated carbocycles. The van der Waals surface area contributed by atoms with Gasteiger partial charge in [0.2, 0.25) is 11.8 Å². The van der Waals surface area contributed by atoms with Crippen molar-refractivity contribution in [3.05, 3.63) is 0 Å². The van der Waals surface area contributed by atoms with Crippen LogP contribution in [0.25, 0.3) is 0 Å². The zero-order valence-electron chi connectivity index (χ0n) is 17.9. The summed E-state index contributed by atoms with van der Waals surface area (Å²) >= 11 is 0. The van der Waals surface area contributed by atoms with Crippen molar-refractivity contribution in [2.45, 2.75) is 39.5 Å². The normalized spacial score (nSPS) is 13.1. The highest BCUT2D eigenvalue weighted by molar-refractivity contribution is 5.77. The monoisotopic (exact) mass is 424 g/mol. The summed E-state index contributed by atoms with van der Waals surface area (Å²) in [7, 11) is 0. The molecule has 0 rings (SSSR count). The summed E-state index contributed by atoms with van der Waals surface area (Å²) in [5.74, 6) is -0.420. The zero-order valence-corrected chi connectivity index (χ0v) is 17.9. The molecule has 0 fully saturated rings. The quantitative estimate of drug-likeness (QED) is 0.274. The van der Waals surface area contributed by atoms with E-state index in [0.29, 0.717) is 46.2 Å². The van der Waals surface area contributed by atoms with Crippen molar-refractivity contribution in [3.8, 4) is 0 Å². The van der Waals surface area contributed by atoms with Crippen LogP contribution in [0, 0.1) is 0 Å². The number of halogens is 1. The van der Waals surface area contributed by atoms with E-state index in [1.807, 2.05) is 13.8 Å². The van der Waals surface area contributed by atoms with Gasteiger partial charge in [-0.2, -0.15) is 0 Å². The molecule has 172 valence electrons. The van der Waals surface area contributed by atoms with Crippen LogP contribution in [0.2, 0.25) is 0 Å². The summed E-state index contributed by atoms with van der Waals surface area (Å²) in [4.78, 5) is 22.1. The molecular formula is C19H37FN2O7. The molecule has 29 heavy (non-hydrogen) atoms. The summed E-state index contributed by atoms with van der Waals surface area (Å²) in [5.41, 5.74) is 0. The molecule has 2 atom stereocenters. The molecule has 9 nitrogen and oxygen atoms in total. The second-order valence-corrected chi connectivity index (χ2v) is 6.33. The first-order chi connectivity index (χ1) is 14.0. The minimum atomic E-state index is -1.23. The Balaban J connectivity index is 3.22. The van der Waals surface area contributed by atoms with E-state index in [0.717, 1.165) is 6.42 Å². The average Bonchev–Trinajstić information content (AvgIpc) is 2.70. The van der Waals surface area contributed by atoms with Crippen LogP contribution in [-0.4, -0.2) is 96.6 Å². The van der Waals surface area contributed by atoms with Crippen LogP contribution >= 0.6 is 0 Å². The third kappa shape index (κ3) is 21.2. The second kappa shape index (κ2) is 20.0. The second-order valence-electron chi connectivity index (χ2n) is 6.33. The van der Waals surface area contributed by atoms with Crippen LogP contribution in [0.15, 0.2) is 0 Å². The Morgan fingerprint density at radius 3 is 2.00 bits per heavy atom. The molecule has 0 bridgehead atoms. The molecule has 0 aromatic heterocycles. The number of alkyl halides is 1. The molecule has 10 heteroatoms. The van der Waals surface area contributed by atoms with Crippen molar-refractivity contribution in [3.63, 3.8) is 0 Å². The van der Waals surface area contributed by atoms with Gasteiger partial charge >= 0.3 is 0 Å². The first-order valence-electron chi connectivity index (χ1n) is 10.0. The van der Waals surface area contributed by atoms with Crippen LogP contribution < -0.4 is 10.6 Å². The van der Waals surface area contributed by atoms with E-state index in [2.05, 4.69) is 10.6 Å². The van der Waals surface area contributed by atoms with Gasteiger partial charge in [0.1, 0.15) is 12.8 Å². The number of hydrogen-bond acceptors (Lipinski definition) is 7.